The van der Waals surface area contributed by atoms with Crippen molar-refractivity contribution in [3.05, 3.63) is 70.9 Å². The quantitative estimate of drug-likeness (QED) is 0.437. The van der Waals surface area contributed by atoms with Gasteiger partial charge in [0.2, 0.25) is 5.91 Å². The number of para-hydroxylation sites is 1. The zero-order chi connectivity index (χ0) is 27.1. The minimum absolute atomic E-state index is 0.0450. The van der Waals surface area contributed by atoms with Gasteiger partial charge in [-0.15, -0.1) is 11.6 Å². The summed E-state index contributed by atoms with van der Waals surface area (Å²) in [5.41, 5.74) is 2.47. The monoisotopic (exact) mass is 485 g/mol. The van der Waals surface area contributed by atoms with Crippen LogP contribution in [0.2, 0.25) is 0 Å². The highest BCUT2D eigenvalue weighted by Gasteiger charge is 2.43. The van der Waals surface area contributed by atoms with E-state index in [1.807, 2.05) is 24.3 Å². The van der Waals surface area contributed by atoms with E-state index in [9.17, 15) is 14.4 Å². The van der Waals surface area contributed by atoms with Crippen LogP contribution in [0.3, 0.4) is 0 Å². The maximum atomic E-state index is 13.1. The van der Waals surface area contributed by atoms with Gasteiger partial charge in [-0.2, -0.15) is 0 Å². The second-order valence-corrected chi connectivity index (χ2v) is 9.43. The molecule has 0 bridgehead atoms. The summed E-state index contributed by atoms with van der Waals surface area (Å²) in [5.74, 6) is -2.55. The molecule has 178 valence electrons. The van der Waals surface area contributed by atoms with Gasteiger partial charge in [-0.3, -0.25) is 4.79 Å². The number of H-pyrrole nitrogens is 1. The molecule has 1 aromatic heterocycles. The Balaban J connectivity index is 1.84. The summed E-state index contributed by atoms with van der Waals surface area (Å²) in [7, 11) is -2.97. The number of aromatic amines is 1. The Kier molecular flexibility index (Phi) is 5.40. The van der Waals surface area contributed by atoms with Crippen molar-refractivity contribution in [2.75, 3.05) is 12.9 Å². The lowest BCUT2D eigenvalue weighted by Crippen LogP contribution is -2.52. The summed E-state index contributed by atoms with van der Waals surface area (Å²) in [5, 5.41) is 0.845. The molecule has 3 aromatic rings. The number of hydrogen-bond donors (Lipinski definition) is 1. The van der Waals surface area contributed by atoms with E-state index in [0.29, 0.717) is 16.8 Å². The number of carbonyl (C=O) groups excluding carboxylic acids is 3. The first-order valence-corrected chi connectivity index (χ1v) is 11.4. The molecule has 0 fully saturated rings. The lowest BCUT2D eigenvalue weighted by molar-refractivity contribution is -0.154. The fourth-order valence-corrected chi connectivity index (χ4v) is 4.54. The van der Waals surface area contributed by atoms with Crippen LogP contribution >= 0.6 is 11.6 Å². The molecule has 0 saturated carbocycles. The highest BCUT2D eigenvalue weighted by Crippen LogP contribution is 2.41. The van der Waals surface area contributed by atoms with Crippen LogP contribution in [0.4, 0.5) is 0 Å². The molecule has 0 saturated heterocycles. The zero-order valence-electron chi connectivity index (χ0n) is 22.1. The number of alkyl halides is 1. The molecule has 2 aromatic carbocycles. The van der Waals surface area contributed by atoms with Crippen LogP contribution in [-0.4, -0.2) is 52.3 Å². The largest absolute Gasteiger partial charge is 0.467 e. The molecule has 1 N–H and O–H groups in total. The Morgan fingerprint density at radius 2 is 1.85 bits per heavy atom. The second kappa shape index (κ2) is 9.14. The van der Waals surface area contributed by atoms with Crippen molar-refractivity contribution in [1.29, 1.82) is 0 Å². The van der Waals surface area contributed by atoms with Gasteiger partial charge in [-0.05, 0) is 50.1 Å². The van der Waals surface area contributed by atoms with E-state index < -0.39 is 48.4 Å². The van der Waals surface area contributed by atoms with Crippen LogP contribution in [0, 0.1) is 0 Å². The number of hydrogen-bond acceptors (Lipinski definition) is 5. The van der Waals surface area contributed by atoms with E-state index in [-0.39, 0.29) is 6.42 Å². The molecule has 2 heterocycles. The van der Waals surface area contributed by atoms with Crippen LogP contribution in [0.1, 0.15) is 58.1 Å². The molecule has 0 radical (unpaired) electrons. The summed E-state index contributed by atoms with van der Waals surface area (Å²) in [6.45, 7) is 5.31. The molecule has 0 aliphatic carbocycles. The molecule has 7 nitrogen and oxygen atoms in total. The van der Waals surface area contributed by atoms with Crippen LogP contribution in [0.25, 0.3) is 10.9 Å². The zero-order valence-corrected chi connectivity index (χ0v) is 19.8. The van der Waals surface area contributed by atoms with Crippen LogP contribution < -0.4 is 0 Å². The molecular formula is C26H27ClN2O5. The van der Waals surface area contributed by atoms with Gasteiger partial charge < -0.3 is 19.4 Å². The van der Waals surface area contributed by atoms with E-state index in [1.54, 1.807) is 45.0 Å². The smallest absolute Gasteiger partial charge is 0.338 e. The summed E-state index contributed by atoms with van der Waals surface area (Å²) in [4.78, 5) is 43.4. The molecule has 1 aliphatic heterocycles. The maximum Gasteiger partial charge on any atom is 0.338 e. The normalized spacial score (nSPS) is 19.5. The van der Waals surface area contributed by atoms with Gasteiger partial charge in [0.05, 0.1) is 22.8 Å². The van der Waals surface area contributed by atoms with E-state index in [2.05, 4.69) is 4.98 Å². The van der Waals surface area contributed by atoms with Crippen LogP contribution in [-0.2, 0) is 25.5 Å². The van der Waals surface area contributed by atoms with Crippen molar-refractivity contribution in [3.8, 4) is 0 Å². The average Bonchev–Trinajstić information content (AvgIpc) is 3.18. The maximum absolute atomic E-state index is 13.1. The Morgan fingerprint density at radius 3 is 2.50 bits per heavy atom. The van der Waals surface area contributed by atoms with Gasteiger partial charge in [-0.1, -0.05) is 30.3 Å². The minimum atomic E-state index is -2.97. The van der Waals surface area contributed by atoms with Crippen molar-refractivity contribution in [1.82, 2.24) is 9.88 Å². The Labute approximate surface area is 207 Å². The Morgan fingerprint density at radius 1 is 1.15 bits per heavy atom. The van der Waals surface area contributed by atoms with Gasteiger partial charge >= 0.3 is 11.9 Å². The number of benzene rings is 2. The van der Waals surface area contributed by atoms with E-state index in [1.165, 1.54) is 4.90 Å². The molecule has 1 aliphatic rings. The van der Waals surface area contributed by atoms with Gasteiger partial charge in [-0.25, -0.2) is 9.59 Å². The molecule has 2 atom stereocenters. The first-order valence-electron chi connectivity index (χ1n) is 12.3. The molecule has 0 spiro atoms. The summed E-state index contributed by atoms with van der Waals surface area (Å²) >= 11 is 5.95. The summed E-state index contributed by atoms with van der Waals surface area (Å²) in [6, 6.07) is 11.9. The number of nitrogens with zero attached hydrogens (tertiary/aromatic N) is 1. The number of aromatic nitrogens is 1. The van der Waals surface area contributed by atoms with Crippen LogP contribution in [0.15, 0.2) is 48.5 Å². The first kappa shape index (κ1) is 20.1. The molecule has 34 heavy (non-hydrogen) atoms. The van der Waals surface area contributed by atoms with Crippen molar-refractivity contribution < 1.29 is 28.0 Å². The number of halogens is 1. The van der Waals surface area contributed by atoms with Gasteiger partial charge in [0.1, 0.15) is 17.5 Å². The number of fused-ring (bicyclic) bond motifs is 3. The van der Waals surface area contributed by atoms with Crippen molar-refractivity contribution in [2.45, 2.75) is 44.9 Å². The number of ether oxygens (including phenoxy) is 2. The lowest BCUT2D eigenvalue weighted by atomic mass is 9.87. The molecule has 4 rings (SSSR count). The number of carbonyl (C=O) groups is 3. The standard InChI is InChI=1S/C26H27ClN2O5/c1-26(2,3)34-24(31)16-11-9-15(10-12-16)23-22-18(17-7-5-6-8-19(17)28-22)13-20(25(32)33-4)29(23)21(30)14-27/h5-12,20,23,28H,13-14H2,1-4H3/t20-,23+/m1/s1/i4D3. The highest BCUT2D eigenvalue weighted by atomic mass is 35.5. The predicted molar refractivity (Wildman–Crippen MR) is 129 cm³/mol. The third-order valence-electron chi connectivity index (χ3n) is 5.77. The SMILES string of the molecule is [2H]C([2H])([2H])OC(=O)[C@H]1Cc2c([nH]c3ccccc23)[C@H](c2ccc(C(=O)OC(C)(C)C)cc2)N1C(=O)CCl. The minimum Gasteiger partial charge on any atom is -0.467 e. The number of nitrogens with one attached hydrogen (secondary N) is 1. The first-order chi connectivity index (χ1) is 17.3. The Bertz CT molecular complexity index is 1340. The summed E-state index contributed by atoms with van der Waals surface area (Å²) in [6.07, 6.45) is 0.0450. The topological polar surface area (TPSA) is 88.7 Å². The second-order valence-electron chi connectivity index (χ2n) is 9.16. The van der Waals surface area contributed by atoms with E-state index >= 15 is 0 Å². The number of amides is 1. The van der Waals surface area contributed by atoms with E-state index in [4.69, 9.17) is 25.2 Å². The molecule has 8 heteroatoms. The number of rotatable bonds is 4. The van der Waals surface area contributed by atoms with Gasteiger partial charge in [0.15, 0.2) is 0 Å². The third kappa shape index (κ3) is 4.40. The lowest BCUT2D eigenvalue weighted by Gasteiger charge is -2.40. The molecule has 1 amide bonds. The number of esters is 2. The molecular weight excluding hydrogens is 456 g/mol. The van der Waals surface area contributed by atoms with Gasteiger partial charge in [0, 0.05) is 23.0 Å². The van der Waals surface area contributed by atoms with Crippen molar-refractivity contribution >= 4 is 40.3 Å². The van der Waals surface area contributed by atoms with Gasteiger partial charge in [0.25, 0.3) is 0 Å². The highest BCUT2D eigenvalue weighted by molar-refractivity contribution is 6.27. The third-order valence-corrected chi connectivity index (χ3v) is 6.00. The fraction of sp³-hybridized carbons (Fsp3) is 0.346. The van der Waals surface area contributed by atoms with Crippen LogP contribution in [0.5, 0.6) is 0 Å². The van der Waals surface area contributed by atoms with Crippen molar-refractivity contribution in [3.63, 3.8) is 0 Å². The predicted octanol–water partition coefficient (Wildman–Crippen LogP) is 4.38. The molecule has 0 unspecified atom stereocenters. The Hall–Kier alpha value is -3.32. The van der Waals surface area contributed by atoms with Crippen molar-refractivity contribution in [2.24, 2.45) is 0 Å². The average molecular weight is 486 g/mol. The number of methoxy groups -OCH3 is 1. The van der Waals surface area contributed by atoms with E-state index in [0.717, 1.165) is 16.5 Å². The fourth-order valence-electron chi connectivity index (χ4n) is 4.40. The summed E-state index contributed by atoms with van der Waals surface area (Å²) < 4.78 is 32.4.